The van der Waals surface area contributed by atoms with Crippen molar-refractivity contribution in [2.45, 2.75) is 25.4 Å². The Kier molecular flexibility index (Phi) is 6.21. The Morgan fingerprint density at radius 2 is 1.83 bits per heavy atom. The van der Waals surface area contributed by atoms with Crippen molar-refractivity contribution >= 4 is 5.91 Å². The zero-order valence-corrected chi connectivity index (χ0v) is 14.3. The second kappa shape index (κ2) is 8.36. The van der Waals surface area contributed by atoms with Gasteiger partial charge in [0.05, 0.1) is 26.3 Å². The van der Waals surface area contributed by atoms with Crippen LogP contribution in [-0.4, -0.2) is 26.2 Å². The number of ether oxygens (including phenoxy) is 2. The summed E-state index contributed by atoms with van der Waals surface area (Å²) >= 11 is 0. The quantitative estimate of drug-likeness (QED) is 0.819. The minimum absolute atomic E-state index is 0.198. The molecule has 0 fully saturated rings. The molecule has 0 spiro atoms. The molecule has 2 rings (SSSR count). The van der Waals surface area contributed by atoms with E-state index in [4.69, 9.17) is 15.2 Å². The largest absolute Gasteiger partial charge is 0.497 e. The van der Waals surface area contributed by atoms with Gasteiger partial charge in [-0.1, -0.05) is 30.3 Å². The van der Waals surface area contributed by atoms with Gasteiger partial charge in [-0.05, 0) is 37.1 Å². The molecule has 0 heterocycles. The van der Waals surface area contributed by atoms with Gasteiger partial charge in [-0.25, -0.2) is 0 Å². The number of hydrogen-bond donors (Lipinski definition) is 2. The first kappa shape index (κ1) is 17.8. The highest BCUT2D eigenvalue weighted by atomic mass is 16.5. The second-order valence-corrected chi connectivity index (χ2v) is 5.63. The molecule has 5 nitrogen and oxygen atoms in total. The van der Waals surface area contributed by atoms with Crippen molar-refractivity contribution in [3.63, 3.8) is 0 Å². The third-order valence-corrected chi connectivity index (χ3v) is 3.90. The van der Waals surface area contributed by atoms with Gasteiger partial charge in [0.1, 0.15) is 11.5 Å². The zero-order chi connectivity index (χ0) is 17.5. The summed E-state index contributed by atoms with van der Waals surface area (Å²) in [5.41, 5.74) is 7.91. The number of rotatable bonds is 7. The molecular weight excluding hydrogens is 304 g/mol. The van der Waals surface area contributed by atoms with Crippen LogP contribution in [0.3, 0.4) is 0 Å². The lowest BCUT2D eigenvalue weighted by atomic mass is 10.0. The molecule has 0 radical (unpaired) electrons. The number of nitrogens with two attached hydrogens (primary N) is 1. The lowest BCUT2D eigenvalue weighted by molar-refractivity contribution is -0.123. The molecule has 0 aromatic heterocycles. The molecule has 2 atom stereocenters. The van der Waals surface area contributed by atoms with E-state index < -0.39 is 6.04 Å². The van der Waals surface area contributed by atoms with E-state index >= 15 is 0 Å². The average Bonchev–Trinajstić information content (AvgIpc) is 2.61. The van der Waals surface area contributed by atoms with E-state index in [1.54, 1.807) is 14.2 Å². The molecule has 2 aromatic carbocycles. The fraction of sp³-hybridized carbons (Fsp3) is 0.316. The van der Waals surface area contributed by atoms with Crippen LogP contribution < -0.4 is 20.5 Å². The van der Waals surface area contributed by atoms with Gasteiger partial charge >= 0.3 is 0 Å². The number of nitrogens with one attached hydrogen (secondary N) is 1. The van der Waals surface area contributed by atoms with Gasteiger partial charge in [0.25, 0.3) is 0 Å². The van der Waals surface area contributed by atoms with E-state index in [2.05, 4.69) is 5.32 Å². The fourth-order valence-corrected chi connectivity index (χ4v) is 2.54. The molecule has 0 saturated carbocycles. The Labute approximate surface area is 142 Å². The lowest BCUT2D eigenvalue weighted by Crippen LogP contribution is -2.43. The first-order chi connectivity index (χ1) is 11.5. The molecule has 1 amide bonds. The smallest absolute Gasteiger partial charge is 0.237 e. The Bertz CT molecular complexity index is 674. The van der Waals surface area contributed by atoms with Crippen LogP contribution in [0.1, 0.15) is 24.1 Å². The molecule has 0 aliphatic rings. The van der Waals surface area contributed by atoms with Gasteiger partial charge in [-0.15, -0.1) is 0 Å². The predicted octanol–water partition coefficient (Wildman–Crippen LogP) is 2.45. The Morgan fingerprint density at radius 1 is 1.12 bits per heavy atom. The summed E-state index contributed by atoms with van der Waals surface area (Å²) < 4.78 is 10.6. The average molecular weight is 328 g/mol. The van der Waals surface area contributed by atoms with Gasteiger partial charge in [-0.3, -0.25) is 4.79 Å². The topological polar surface area (TPSA) is 73.6 Å². The molecule has 0 aliphatic heterocycles. The molecule has 2 aromatic rings. The number of hydrogen-bond acceptors (Lipinski definition) is 4. The zero-order valence-electron chi connectivity index (χ0n) is 14.3. The van der Waals surface area contributed by atoms with Crippen molar-refractivity contribution in [1.29, 1.82) is 0 Å². The van der Waals surface area contributed by atoms with E-state index in [-0.39, 0.29) is 11.9 Å². The van der Waals surface area contributed by atoms with Crippen LogP contribution in [-0.2, 0) is 11.2 Å². The maximum Gasteiger partial charge on any atom is 0.237 e. The van der Waals surface area contributed by atoms with Crippen molar-refractivity contribution in [2.75, 3.05) is 14.2 Å². The second-order valence-electron chi connectivity index (χ2n) is 5.63. The first-order valence-corrected chi connectivity index (χ1v) is 7.87. The molecule has 24 heavy (non-hydrogen) atoms. The van der Waals surface area contributed by atoms with Crippen LogP contribution in [0, 0.1) is 0 Å². The van der Waals surface area contributed by atoms with Crippen LogP contribution in [0.15, 0.2) is 48.5 Å². The summed E-state index contributed by atoms with van der Waals surface area (Å²) in [4.78, 5) is 12.4. The minimum Gasteiger partial charge on any atom is -0.497 e. The van der Waals surface area contributed by atoms with Gasteiger partial charge < -0.3 is 20.5 Å². The van der Waals surface area contributed by atoms with E-state index in [0.717, 1.165) is 11.1 Å². The van der Waals surface area contributed by atoms with Gasteiger partial charge in [0, 0.05) is 5.56 Å². The van der Waals surface area contributed by atoms with Gasteiger partial charge in [0.15, 0.2) is 0 Å². The lowest BCUT2D eigenvalue weighted by Gasteiger charge is -2.20. The number of methoxy groups -OCH3 is 2. The number of carbonyl (C=O) groups excluding carboxylic acids is 1. The number of amides is 1. The predicted molar refractivity (Wildman–Crippen MR) is 94.2 cm³/mol. The molecule has 5 heteroatoms. The monoisotopic (exact) mass is 328 g/mol. The van der Waals surface area contributed by atoms with E-state index in [0.29, 0.717) is 17.9 Å². The minimum atomic E-state index is -0.605. The molecule has 3 N–H and O–H groups in total. The SMILES string of the molecule is COc1ccc(OC)c(C(C)NC(=O)C(N)Cc2ccccc2)c1. The van der Waals surface area contributed by atoms with Crippen molar-refractivity contribution in [1.82, 2.24) is 5.32 Å². The summed E-state index contributed by atoms with van der Waals surface area (Å²) in [5, 5.41) is 2.94. The van der Waals surface area contributed by atoms with Crippen molar-refractivity contribution in [2.24, 2.45) is 5.73 Å². The first-order valence-electron chi connectivity index (χ1n) is 7.87. The van der Waals surface area contributed by atoms with Crippen LogP contribution >= 0.6 is 0 Å². The summed E-state index contributed by atoms with van der Waals surface area (Å²) in [6, 6.07) is 14.4. The summed E-state index contributed by atoms with van der Waals surface area (Å²) in [5.74, 6) is 1.21. The summed E-state index contributed by atoms with van der Waals surface area (Å²) in [6.45, 7) is 1.89. The molecule has 128 valence electrons. The fourth-order valence-electron chi connectivity index (χ4n) is 2.54. The van der Waals surface area contributed by atoms with Gasteiger partial charge in [0.2, 0.25) is 5.91 Å². The standard InChI is InChI=1S/C19H24N2O3/c1-13(16-12-15(23-2)9-10-18(16)24-3)21-19(22)17(20)11-14-7-5-4-6-8-14/h4-10,12-13,17H,11,20H2,1-3H3,(H,21,22). The molecular formula is C19H24N2O3. The summed E-state index contributed by atoms with van der Waals surface area (Å²) in [7, 11) is 3.20. The number of carbonyl (C=O) groups is 1. The van der Waals surface area contributed by atoms with Crippen LogP contribution in [0.25, 0.3) is 0 Å². The molecule has 0 aliphatic carbocycles. The maximum atomic E-state index is 12.4. The van der Waals surface area contributed by atoms with Crippen LogP contribution in [0.2, 0.25) is 0 Å². The highest BCUT2D eigenvalue weighted by molar-refractivity contribution is 5.82. The molecule has 0 bridgehead atoms. The van der Waals surface area contributed by atoms with Gasteiger partial charge in [-0.2, -0.15) is 0 Å². The third-order valence-electron chi connectivity index (χ3n) is 3.90. The Morgan fingerprint density at radius 3 is 2.46 bits per heavy atom. The van der Waals surface area contributed by atoms with Crippen molar-refractivity contribution in [3.05, 3.63) is 59.7 Å². The molecule has 0 saturated heterocycles. The highest BCUT2D eigenvalue weighted by Crippen LogP contribution is 2.29. The summed E-state index contributed by atoms with van der Waals surface area (Å²) in [6.07, 6.45) is 0.495. The Hall–Kier alpha value is -2.53. The molecule has 2 unspecified atom stereocenters. The van der Waals surface area contributed by atoms with E-state index in [9.17, 15) is 4.79 Å². The number of benzene rings is 2. The van der Waals surface area contributed by atoms with Crippen molar-refractivity contribution in [3.8, 4) is 11.5 Å². The van der Waals surface area contributed by atoms with Crippen LogP contribution in [0.4, 0.5) is 0 Å². The normalized spacial score (nSPS) is 13.0. The Balaban J connectivity index is 2.05. The van der Waals surface area contributed by atoms with Crippen LogP contribution in [0.5, 0.6) is 11.5 Å². The third kappa shape index (κ3) is 4.49. The van der Waals surface area contributed by atoms with Crippen molar-refractivity contribution < 1.29 is 14.3 Å². The highest BCUT2D eigenvalue weighted by Gasteiger charge is 2.19. The van der Waals surface area contributed by atoms with E-state index in [1.165, 1.54) is 0 Å². The maximum absolute atomic E-state index is 12.4. The van der Waals surface area contributed by atoms with E-state index in [1.807, 2.05) is 55.5 Å².